The highest BCUT2D eigenvalue weighted by Gasteiger charge is 2.31. The fraction of sp³-hybridized carbons (Fsp3) is 0.429. The number of benzene rings is 1. The molecule has 3 N–H and O–H groups in total. The Morgan fingerprint density at radius 2 is 2.25 bits per heavy atom. The Hall–Kier alpha value is -1.56. The van der Waals surface area contributed by atoms with E-state index in [4.69, 9.17) is 10.9 Å². The summed E-state index contributed by atoms with van der Waals surface area (Å²) in [6, 6.07) is 5.26. The van der Waals surface area contributed by atoms with Gasteiger partial charge < -0.3 is 15.8 Å². The zero-order valence-corrected chi connectivity index (χ0v) is 12.9. The Bertz CT molecular complexity index is 545. The summed E-state index contributed by atoms with van der Waals surface area (Å²) in [6.07, 6.45) is 2.63. The molecule has 0 radical (unpaired) electrons. The van der Waals surface area contributed by atoms with Crippen molar-refractivity contribution in [1.29, 1.82) is 0 Å². The van der Waals surface area contributed by atoms with Crippen molar-refractivity contribution in [3.05, 3.63) is 33.8 Å². The van der Waals surface area contributed by atoms with Crippen LogP contribution in [0.15, 0.2) is 27.8 Å². The fourth-order valence-corrected chi connectivity index (χ4v) is 2.95. The van der Waals surface area contributed by atoms with E-state index in [0.717, 1.165) is 29.3 Å². The molecule has 1 aromatic rings. The highest BCUT2D eigenvalue weighted by Crippen LogP contribution is 2.26. The molecule has 0 aliphatic carbocycles. The van der Waals surface area contributed by atoms with Crippen molar-refractivity contribution in [2.24, 2.45) is 10.9 Å². The second-order valence-corrected chi connectivity index (χ2v) is 5.76. The van der Waals surface area contributed by atoms with E-state index in [9.17, 15) is 4.79 Å². The van der Waals surface area contributed by atoms with Gasteiger partial charge in [-0.1, -0.05) is 17.3 Å². The first-order chi connectivity index (χ1) is 9.56. The van der Waals surface area contributed by atoms with Gasteiger partial charge in [0, 0.05) is 11.0 Å². The number of nitrogens with two attached hydrogens (primary N) is 1. The molecule has 0 aromatic heterocycles. The smallest absolute Gasteiger partial charge is 0.255 e. The van der Waals surface area contributed by atoms with Gasteiger partial charge in [0.25, 0.3) is 5.91 Å². The molecular formula is C14H18BrN3O2. The number of piperidine rings is 1. The molecule has 1 aliphatic rings. The van der Waals surface area contributed by atoms with Gasteiger partial charge in [-0.05, 0) is 53.7 Å². The van der Waals surface area contributed by atoms with Crippen molar-refractivity contribution in [3.8, 4) is 0 Å². The van der Waals surface area contributed by atoms with Gasteiger partial charge in [-0.3, -0.25) is 4.79 Å². The SMILES string of the molecule is Cc1cccc(C(=O)N2CCCCC2/C(N)=N/O)c1Br. The highest BCUT2D eigenvalue weighted by atomic mass is 79.9. The third-order valence-corrected chi connectivity index (χ3v) is 4.70. The molecule has 108 valence electrons. The number of halogens is 1. The topological polar surface area (TPSA) is 78.9 Å². The average Bonchev–Trinajstić information content (AvgIpc) is 2.48. The Labute approximate surface area is 126 Å². The van der Waals surface area contributed by atoms with E-state index in [2.05, 4.69) is 21.1 Å². The first kappa shape index (κ1) is 14.8. The van der Waals surface area contributed by atoms with Crippen LogP contribution in [0.2, 0.25) is 0 Å². The second kappa shape index (κ2) is 6.26. The summed E-state index contributed by atoms with van der Waals surface area (Å²) in [4.78, 5) is 14.4. The van der Waals surface area contributed by atoms with Gasteiger partial charge in [0.05, 0.1) is 11.6 Å². The van der Waals surface area contributed by atoms with Crippen molar-refractivity contribution in [2.45, 2.75) is 32.2 Å². The molecular weight excluding hydrogens is 322 g/mol. The molecule has 1 atom stereocenters. The van der Waals surface area contributed by atoms with E-state index in [1.807, 2.05) is 19.1 Å². The van der Waals surface area contributed by atoms with E-state index < -0.39 is 0 Å². The van der Waals surface area contributed by atoms with E-state index in [-0.39, 0.29) is 17.8 Å². The van der Waals surface area contributed by atoms with Gasteiger partial charge in [0.1, 0.15) is 0 Å². The summed E-state index contributed by atoms with van der Waals surface area (Å²) < 4.78 is 0.800. The summed E-state index contributed by atoms with van der Waals surface area (Å²) in [5.74, 6) is 0.0127. The van der Waals surface area contributed by atoms with Crippen LogP contribution in [0.4, 0.5) is 0 Å². The lowest BCUT2D eigenvalue weighted by molar-refractivity contribution is 0.0675. The minimum atomic E-state index is -0.325. The van der Waals surface area contributed by atoms with E-state index in [0.29, 0.717) is 12.1 Å². The van der Waals surface area contributed by atoms with Crippen LogP contribution in [0.25, 0.3) is 0 Å². The van der Waals surface area contributed by atoms with Gasteiger partial charge in [-0.2, -0.15) is 0 Å². The third kappa shape index (κ3) is 2.80. The van der Waals surface area contributed by atoms with Crippen LogP contribution in [-0.2, 0) is 0 Å². The Kier molecular flexibility index (Phi) is 4.65. The van der Waals surface area contributed by atoms with Crippen LogP contribution >= 0.6 is 15.9 Å². The van der Waals surface area contributed by atoms with Gasteiger partial charge >= 0.3 is 0 Å². The summed E-state index contributed by atoms with van der Waals surface area (Å²) >= 11 is 3.46. The van der Waals surface area contributed by atoms with E-state index in [1.54, 1.807) is 11.0 Å². The number of hydrogen-bond donors (Lipinski definition) is 2. The zero-order valence-electron chi connectivity index (χ0n) is 11.3. The lowest BCUT2D eigenvalue weighted by Gasteiger charge is -2.35. The van der Waals surface area contributed by atoms with Gasteiger partial charge in [-0.25, -0.2) is 0 Å². The maximum Gasteiger partial charge on any atom is 0.255 e. The van der Waals surface area contributed by atoms with Crippen molar-refractivity contribution in [3.63, 3.8) is 0 Å². The van der Waals surface area contributed by atoms with Gasteiger partial charge in [0.2, 0.25) is 0 Å². The summed E-state index contributed by atoms with van der Waals surface area (Å²) in [6.45, 7) is 2.57. The zero-order chi connectivity index (χ0) is 14.7. The number of carbonyl (C=O) groups is 1. The second-order valence-electron chi connectivity index (χ2n) is 4.97. The minimum absolute atomic E-state index is 0.0862. The molecule has 0 spiro atoms. The Balaban J connectivity index is 2.32. The molecule has 20 heavy (non-hydrogen) atoms. The molecule has 1 saturated heterocycles. The largest absolute Gasteiger partial charge is 0.409 e. The van der Waals surface area contributed by atoms with Crippen LogP contribution in [0.1, 0.15) is 35.2 Å². The molecule has 1 unspecified atom stereocenters. The van der Waals surface area contributed by atoms with Crippen LogP contribution in [-0.4, -0.2) is 34.4 Å². The molecule has 1 heterocycles. The number of hydrogen-bond acceptors (Lipinski definition) is 3. The standard InChI is InChI=1S/C14H18BrN3O2/c1-9-5-4-6-10(12(9)15)14(19)18-8-3-2-7-11(18)13(16)17-20/h4-6,11,20H,2-3,7-8H2,1H3,(H2,16,17). The summed E-state index contributed by atoms with van der Waals surface area (Å²) in [5.41, 5.74) is 7.34. The number of carbonyl (C=O) groups excluding carboxylic acids is 1. The predicted molar refractivity (Wildman–Crippen MR) is 81.0 cm³/mol. The van der Waals surface area contributed by atoms with Gasteiger partial charge in [0.15, 0.2) is 5.84 Å². The normalized spacial score (nSPS) is 20.0. The number of likely N-dealkylation sites (tertiary alicyclic amines) is 1. The average molecular weight is 340 g/mol. The molecule has 2 rings (SSSR count). The minimum Gasteiger partial charge on any atom is -0.409 e. The van der Waals surface area contributed by atoms with Crippen LogP contribution < -0.4 is 5.73 Å². The lowest BCUT2D eigenvalue weighted by atomic mass is 9.99. The first-order valence-corrected chi connectivity index (χ1v) is 7.39. The Morgan fingerprint density at radius 3 is 2.95 bits per heavy atom. The van der Waals surface area contributed by atoms with Crippen molar-refractivity contribution in [2.75, 3.05) is 6.54 Å². The highest BCUT2D eigenvalue weighted by molar-refractivity contribution is 9.10. The molecule has 1 amide bonds. The van der Waals surface area contributed by atoms with Crippen molar-refractivity contribution < 1.29 is 10.0 Å². The monoisotopic (exact) mass is 339 g/mol. The molecule has 0 bridgehead atoms. The Morgan fingerprint density at radius 1 is 1.50 bits per heavy atom. The molecule has 1 fully saturated rings. The fourth-order valence-electron chi connectivity index (χ4n) is 2.52. The number of nitrogens with zero attached hydrogens (tertiary/aromatic N) is 2. The number of aryl methyl sites for hydroxylation is 1. The molecule has 1 aliphatic heterocycles. The van der Waals surface area contributed by atoms with Crippen molar-refractivity contribution in [1.82, 2.24) is 4.90 Å². The molecule has 5 nitrogen and oxygen atoms in total. The maximum absolute atomic E-state index is 12.7. The summed E-state index contributed by atoms with van der Waals surface area (Å²) in [7, 11) is 0. The van der Waals surface area contributed by atoms with E-state index >= 15 is 0 Å². The number of amidine groups is 1. The first-order valence-electron chi connectivity index (χ1n) is 6.59. The summed E-state index contributed by atoms with van der Waals surface area (Å²) in [5, 5.41) is 11.9. The molecule has 6 heteroatoms. The van der Waals surface area contributed by atoms with Crippen LogP contribution in [0, 0.1) is 6.92 Å². The number of rotatable bonds is 2. The molecule has 1 aromatic carbocycles. The van der Waals surface area contributed by atoms with Crippen LogP contribution in [0.3, 0.4) is 0 Å². The predicted octanol–water partition coefficient (Wildman–Crippen LogP) is 2.50. The molecule has 0 saturated carbocycles. The maximum atomic E-state index is 12.7. The third-order valence-electron chi connectivity index (χ3n) is 3.64. The number of amides is 1. The lowest BCUT2D eigenvalue weighted by Crippen LogP contribution is -2.50. The van der Waals surface area contributed by atoms with Gasteiger partial charge in [-0.15, -0.1) is 0 Å². The van der Waals surface area contributed by atoms with E-state index in [1.165, 1.54) is 0 Å². The van der Waals surface area contributed by atoms with Crippen LogP contribution in [0.5, 0.6) is 0 Å². The number of oxime groups is 1. The quantitative estimate of drug-likeness (QED) is 0.376. The van der Waals surface area contributed by atoms with Crippen molar-refractivity contribution >= 4 is 27.7 Å².